The molecule has 4 N–H and O–H groups in total. The highest BCUT2D eigenvalue weighted by Crippen LogP contribution is 2.45. The molecule has 0 aromatic carbocycles. The summed E-state index contributed by atoms with van der Waals surface area (Å²) in [7, 11) is -9.78. The number of carbonyl (C=O) groups is 3. The second-order valence-electron chi connectivity index (χ2n) is 21.5. The van der Waals surface area contributed by atoms with Crippen LogP contribution in [0, 0.1) is 0 Å². The summed E-state index contributed by atoms with van der Waals surface area (Å²) >= 11 is 0. The van der Waals surface area contributed by atoms with Crippen molar-refractivity contribution in [1.29, 1.82) is 0 Å². The van der Waals surface area contributed by atoms with E-state index in [1.54, 1.807) is 0 Å². The molecule has 0 aliphatic rings. The van der Waals surface area contributed by atoms with E-state index < -0.39 is 91.5 Å². The lowest BCUT2D eigenvalue weighted by Gasteiger charge is -2.21. The van der Waals surface area contributed by atoms with E-state index in [1.807, 2.05) is 0 Å². The molecular formula is C69H116O16P2. The maximum atomic E-state index is 12.8. The van der Waals surface area contributed by atoms with Gasteiger partial charge in [0.2, 0.25) is 0 Å². The Balaban J connectivity index is 4.59. The van der Waals surface area contributed by atoms with Crippen LogP contribution in [0.1, 0.15) is 239 Å². The van der Waals surface area contributed by atoms with Gasteiger partial charge in [-0.25, -0.2) is 9.13 Å². The number of phosphoric ester groups is 2. The van der Waals surface area contributed by atoms with Crippen molar-refractivity contribution < 1.29 is 75.8 Å². The fourth-order valence-electron chi connectivity index (χ4n) is 8.16. The average molecular weight is 1260 g/mol. The highest BCUT2D eigenvalue weighted by atomic mass is 31.2. The van der Waals surface area contributed by atoms with Crippen LogP contribution in [-0.2, 0) is 55.8 Å². The van der Waals surface area contributed by atoms with Crippen molar-refractivity contribution in [1.82, 2.24) is 0 Å². The fourth-order valence-corrected chi connectivity index (χ4v) is 9.74. The van der Waals surface area contributed by atoms with Gasteiger partial charge in [0.25, 0.3) is 0 Å². The Morgan fingerprint density at radius 3 is 0.977 bits per heavy atom. The molecule has 0 heterocycles. The normalized spacial score (nSPS) is 15.1. The van der Waals surface area contributed by atoms with E-state index in [2.05, 4.69) is 142 Å². The van der Waals surface area contributed by atoms with Crippen molar-refractivity contribution in [2.75, 3.05) is 39.6 Å². The Morgan fingerprint density at radius 2 is 0.609 bits per heavy atom. The number of rotatable bonds is 61. The minimum absolute atomic E-state index is 0.0855. The molecule has 0 aliphatic heterocycles. The summed E-state index contributed by atoms with van der Waals surface area (Å²) in [6, 6.07) is 0. The second-order valence-corrected chi connectivity index (χ2v) is 24.4. The van der Waals surface area contributed by atoms with Crippen LogP contribution in [0.2, 0.25) is 0 Å². The number of hydrogen-bond acceptors (Lipinski definition) is 14. The molecular weight excluding hydrogens is 1150 g/mol. The Bertz CT molecular complexity index is 2070. The summed E-state index contributed by atoms with van der Waals surface area (Å²) in [5, 5.41) is 20.5. The number of ether oxygens (including phenoxy) is 3. The highest BCUT2D eigenvalue weighted by molar-refractivity contribution is 7.47. The predicted molar refractivity (Wildman–Crippen MR) is 353 cm³/mol. The molecule has 16 nitrogen and oxygen atoms in total. The van der Waals surface area contributed by atoms with Crippen LogP contribution in [0.25, 0.3) is 0 Å². The quantitative estimate of drug-likeness (QED) is 0.0146. The SMILES string of the molecule is CC/C=C\C/C=C\C/C=C\C/C=C\C/C=C\CCCCCCCCCC(=O)OCC(O)COP(=O)(O)OCC(O)COP(=O)(O)OCC(COC(=O)CCCCCC/C=C\C/C=C\C/C=C\C/C=C\CC)OC(=O)CCCCCCC/C=C\CCCC. The number of hydrogen-bond donors (Lipinski definition) is 4. The van der Waals surface area contributed by atoms with Crippen LogP contribution in [-0.4, -0.2) is 95.9 Å². The largest absolute Gasteiger partial charge is 0.472 e. The zero-order chi connectivity index (χ0) is 63.8. The lowest BCUT2D eigenvalue weighted by Crippen LogP contribution is -2.30. The predicted octanol–water partition coefficient (Wildman–Crippen LogP) is 17.9. The second kappa shape index (κ2) is 62.2. The number of aliphatic hydroxyl groups excluding tert-OH is 2. The molecule has 0 saturated heterocycles. The molecule has 0 radical (unpaired) electrons. The topological polar surface area (TPSA) is 231 Å². The molecule has 0 amide bonds. The van der Waals surface area contributed by atoms with Gasteiger partial charge < -0.3 is 34.2 Å². The Labute approximate surface area is 525 Å². The zero-order valence-corrected chi connectivity index (χ0v) is 55.4. The van der Waals surface area contributed by atoms with E-state index >= 15 is 0 Å². The zero-order valence-electron chi connectivity index (χ0n) is 53.6. The van der Waals surface area contributed by atoms with E-state index in [0.717, 1.165) is 167 Å². The third-order valence-corrected chi connectivity index (χ3v) is 15.1. The summed E-state index contributed by atoms with van der Waals surface area (Å²) in [4.78, 5) is 58.2. The molecule has 5 unspecified atom stereocenters. The third-order valence-electron chi connectivity index (χ3n) is 13.2. The van der Waals surface area contributed by atoms with E-state index in [0.29, 0.717) is 19.3 Å². The van der Waals surface area contributed by atoms with E-state index in [9.17, 15) is 43.5 Å². The molecule has 0 aromatic heterocycles. The molecule has 0 bridgehead atoms. The van der Waals surface area contributed by atoms with Gasteiger partial charge in [0.15, 0.2) is 6.10 Å². The molecule has 0 spiro atoms. The average Bonchev–Trinajstić information content (AvgIpc) is 3.57. The van der Waals surface area contributed by atoms with Gasteiger partial charge in [-0.1, -0.05) is 219 Å². The van der Waals surface area contributed by atoms with Gasteiger partial charge >= 0.3 is 33.6 Å². The smallest absolute Gasteiger partial charge is 0.463 e. The lowest BCUT2D eigenvalue weighted by molar-refractivity contribution is -0.161. The van der Waals surface area contributed by atoms with Gasteiger partial charge in [-0.05, 0) is 122 Å². The molecule has 0 aromatic rings. The Morgan fingerprint density at radius 1 is 0.333 bits per heavy atom. The van der Waals surface area contributed by atoms with Crippen molar-refractivity contribution in [2.45, 2.75) is 257 Å². The first-order valence-corrected chi connectivity index (χ1v) is 35.8. The van der Waals surface area contributed by atoms with Gasteiger partial charge in [0.05, 0.1) is 26.4 Å². The summed E-state index contributed by atoms with van der Waals surface area (Å²) in [6.45, 7) is 2.32. The monoisotopic (exact) mass is 1260 g/mol. The minimum atomic E-state index is -4.93. The van der Waals surface area contributed by atoms with E-state index in [1.165, 1.54) is 12.8 Å². The molecule has 0 fully saturated rings. The first-order valence-electron chi connectivity index (χ1n) is 32.8. The maximum absolute atomic E-state index is 12.8. The van der Waals surface area contributed by atoms with Crippen LogP contribution in [0.4, 0.5) is 0 Å². The summed E-state index contributed by atoms with van der Waals surface area (Å²) in [6.07, 6.45) is 69.8. The van der Waals surface area contributed by atoms with Crippen molar-refractivity contribution >= 4 is 33.6 Å². The summed E-state index contributed by atoms with van der Waals surface area (Å²) < 4.78 is 60.7. The third kappa shape index (κ3) is 63.3. The number of esters is 3. The van der Waals surface area contributed by atoms with Crippen LogP contribution in [0.5, 0.6) is 0 Å². The van der Waals surface area contributed by atoms with Gasteiger partial charge in [0, 0.05) is 19.3 Å². The van der Waals surface area contributed by atoms with E-state index in [4.69, 9.17) is 32.3 Å². The summed E-state index contributed by atoms with van der Waals surface area (Å²) in [5.74, 6) is -1.63. The van der Waals surface area contributed by atoms with Crippen LogP contribution in [0.3, 0.4) is 0 Å². The Hall–Kier alpha value is -4.05. The molecule has 0 saturated carbocycles. The minimum Gasteiger partial charge on any atom is -0.463 e. The van der Waals surface area contributed by atoms with Crippen molar-refractivity contribution in [2.24, 2.45) is 0 Å². The Kier molecular flexibility index (Phi) is 59.3. The number of phosphoric acid groups is 2. The first kappa shape index (κ1) is 83.0. The lowest BCUT2D eigenvalue weighted by atomic mass is 10.1. The number of unbranched alkanes of at least 4 members (excludes halogenated alkanes) is 18. The molecule has 87 heavy (non-hydrogen) atoms. The number of allylic oxidation sites excluding steroid dienone is 20. The van der Waals surface area contributed by atoms with Crippen molar-refractivity contribution in [3.05, 3.63) is 122 Å². The van der Waals surface area contributed by atoms with Crippen LogP contribution < -0.4 is 0 Å². The van der Waals surface area contributed by atoms with Gasteiger partial charge in [0.1, 0.15) is 25.4 Å². The summed E-state index contributed by atoms with van der Waals surface area (Å²) in [5.41, 5.74) is 0. The molecule has 5 atom stereocenters. The van der Waals surface area contributed by atoms with Crippen molar-refractivity contribution in [3.63, 3.8) is 0 Å². The molecule has 18 heteroatoms. The first-order chi connectivity index (χ1) is 42.2. The van der Waals surface area contributed by atoms with Gasteiger partial charge in [-0.2, -0.15) is 0 Å². The fraction of sp³-hybridized carbons (Fsp3) is 0.667. The molecule has 0 rings (SSSR count). The van der Waals surface area contributed by atoms with Crippen LogP contribution >= 0.6 is 15.6 Å². The van der Waals surface area contributed by atoms with Crippen LogP contribution in [0.15, 0.2) is 122 Å². The standard InChI is InChI=1S/C69H116O16P2/c1-4-7-10-13-16-19-22-24-26-28-29-30-31-32-33-35-37-38-41-43-46-49-52-55-67(72)79-58-64(70)59-81-86(75,76)82-60-65(71)61-83-87(77,78)84-63-66(85-69(74)57-54-51-48-45-40-21-18-15-12-9-6-3)62-80-68(73)56-53-50-47-44-42-39-36-34-27-25-23-20-17-14-11-8-5-2/h7-8,10-11,15-20,24-27,29-30,32-33,36,39,64-66,70-71H,4-6,9,12-14,21-23,28,31,34-35,37-38,40-63H2,1-3H3,(H,75,76)(H,77,78)/b10-7-,11-8-,18-15-,19-16-,20-17-,26-24-,27-25-,30-29-,33-32-,39-36-. The van der Waals surface area contributed by atoms with Crippen molar-refractivity contribution in [3.8, 4) is 0 Å². The maximum Gasteiger partial charge on any atom is 0.472 e. The number of aliphatic hydroxyl groups is 2. The van der Waals surface area contributed by atoms with Gasteiger partial charge in [-0.15, -0.1) is 0 Å². The van der Waals surface area contributed by atoms with E-state index in [-0.39, 0.29) is 19.3 Å². The van der Waals surface area contributed by atoms with Gasteiger partial charge in [-0.3, -0.25) is 32.5 Å². The highest BCUT2D eigenvalue weighted by Gasteiger charge is 2.29. The molecule has 0 aliphatic carbocycles. The number of carbonyl (C=O) groups excluding carboxylic acids is 3. The molecule has 498 valence electrons.